The van der Waals surface area contributed by atoms with E-state index in [1.807, 2.05) is 6.20 Å². The van der Waals surface area contributed by atoms with Gasteiger partial charge in [0.05, 0.1) is 24.5 Å². The largest absolute Gasteiger partial charge is 0.372 e. The SMILES string of the molecule is O=c1cc2c(nn1CCN1CCN(Cc3cnc4n3CCOC4)CC1)CCC2. The van der Waals surface area contributed by atoms with Crippen LogP contribution in [-0.4, -0.2) is 68.5 Å². The highest BCUT2D eigenvalue weighted by atomic mass is 16.5. The van der Waals surface area contributed by atoms with Crippen LogP contribution in [0, 0.1) is 0 Å². The summed E-state index contributed by atoms with van der Waals surface area (Å²) < 4.78 is 9.45. The zero-order valence-corrected chi connectivity index (χ0v) is 16.3. The maximum atomic E-state index is 12.3. The number of rotatable bonds is 5. The molecule has 0 amide bonds. The number of piperazine rings is 1. The molecule has 2 aromatic heterocycles. The molecule has 0 saturated carbocycles. The fourth-order valence-electron chi connectivity index (χ4n) is 4.52. The van der Waals surface area contributed by atoms with E-state index in [9.17, 15) is 4.79 Å². The van der Waals surface area contributed by atoms with E-state index in [-0.39, 0.29) is 5.56 Å². The molecule has 0 N–H and O–H groups in total. The van der Waals surface area contributed by atoms with Gasteiger partial charge in [-0.05, 0) is 24.8 Å². The number of imidazole rings is 1. The van der Waals surface area contributed by atoms with Gasteiger partial charge in [0.25, 0.3) is 5.56 Å². The van der Waals surface area contributed by atoms with Gasteiger partial charge in [-0.1, -0.05) is 0 Å². The highest BCUT2D eigenvalue weighted by Gasteiger charge is 2.21. The molecule has 8 heteroatoms. The number of hydrogen-bond donors (Lipinski definition) is 0. The van der Waals surface area contributed by atoms with Crippen LogP contribution in [-0.2, 0) is 43.8 Å². The lowest BCUT2D eigenvalue weighted by Gasteiger charge is -2.34. The Morgan fingerprint density at radius 1 is 1.04 bits per heavy atom. The first-order valence-electron chi connectivity index (χ1n) is 10.4. The number of hydrogen-bond acceptors (Lipinski definition) is 6. The van der Waals surface area contributed by atoms with Crippen molar-refractivity contribution in [2.75, 3.05) is 39.3 Å². The minimum Gasteiger partial charge on any atom is -0.372 e. The minimum absolute atomic E-state index is 0.0498. The third-order valence-electron chi connectivity index (χ3n) is 6.21. The van der Waals surface area contributed by atoms with Crippen molar-refractivity contribution in [1.29, 1.82) is 0 Å². The predicted octanol–water partition coefficient (Wildman–Crippen LogP) is 0.277. The lowest BCUT2D eigenvalue weighted by Crippen LogP contribution is -2.47. The van der Waals surface area contributed by atoms with Crippen molar-refractivity contribution in [3.8, 4) is 0 Å². The van der Waals surface area contributed by atoms with Gasteiger partial charge in [-0.2, -0.15) is 5.10 Å². The second-order valence-electron chi connectivity index (χ2n) is 8.02. The summed E-state index contributed by atoms with van der Waals surface area (Å²) in [6, 6.07) is 1.80. The minimum atomic E-state index is 0.0498. The molecule has 0 unspecified atom stereocenters. The van der Waals surface area contributed by atoms with Gasteiger partial charge >= 0.3 is 0 Å². The summed E-state index contributed by atoms with van der Waals surface area (Å²) in [5.41, 5.74) is 3.62. The molecular formula is C20H28N6O2. The molecule has 0 atom stereocenters. The van der Waals surface area contributed by atoms with Crippen molar-refractivity contribution in [3.05, 3.63) is 45.4 Å². The molecule has 150 valence electrons. The zero-order chi connectivity index (χ0) is 18.9. The number of aryl methyl sites for hydroxylation is 2. The smallest absolute Gasteiger partial charge is 0.267 e. The summed E-state index contributed by atoms with van der Waals surface area (Å²) in [6.07, 6.45) is 5.15. The van der Waals surface area contributed by atoms with Crippen molar-refractivity contribution < 1.29 is 4.74 Å². The van der Waals surface area contributed by atoms with Crippen LogP contribution in [0.1, 0.15) is 29.2 Å². The number of ether oxygens (including phenoxy) is 1. The van der Waals surface area contributed by atoms with Crippen LogP contribution in [0.2, 0.25) is 0 Å². The monoisotopic (exact) mass is 384 g/mol. The van der Waals surface area contributed by atoms with Gasteiger partial charge in [0.2, 0.25) is 0 Å². The Bertz CT molecular complexity index is 897. The van der Waals surface area contributed by atoms with Gasteiger partial charge in [0.15, 0.2) is 0 Å². The van der Waals surface area contributed by atoms with Crippen LogP contribution in [0.5, 0.6) is 0 Å². The van der Waals surface area contributed by atoms with E-state index in [1.165, 1.54) is 5.69 Å². The molecule has 5 rings (SSSR count). The fraction of sp³-hybridized carbons (Fsp3) is 0.650. The normalized spacial score (nSPS) is 20.3. The number of aromatic nitrogens is 4. The summed E-state index contributed by atoms with van der Waals surface area (Å²) in [4.78, 5) is 21.7. The molecule has 8 nitrogen and oxygen atoms in total. The lowest BCUT2D eigenvalue weighted by atomic mass is 10.2. The molecule has 28 heavy (non-hydrogen) atoms. The van der Waals surface area contributed by atoms with Gasteiger partial charge in [-0.3, -0.25) is 14.6 Å². The Morgan fingerprint density at radius 2 is 1.89 bits per heavy atom. The molecule has 4 heterocycles. The van der Waals surface area contributed by atoms with Gasteiger partial charge in [0, 0.05) is 58.1 Å². The maximum Gasteiger partial charge on any atom is 0.267 e. The van der Waals surface area contributed by atoms with Gasteiger partial charge in [0.1, 0.15) is 12.4 Å². The highest BCUT2D eigenvalue weighted by molar-refractivity contribution is 5.22. The average molecular weight is 384 g/mol. The molecule has 3 aliphatic rings. The summed E-state index contributed by atoms with van der Waals surface area (Å²) in [7, 11) is 0. The molecule has 2 aromatic rings. The fourth-order valence-corrected chi connectivity index (χ4v) is 4.52. The van der Waals surface area contributed by atoms with E-state index < -0.39 is 0 Å². The summed E-state index contributed by atoms with van der Waals surface area (Å²) in [5.74, 6) is 1.05. The number of fused-ring (bicyclic) bond motifs is 2. The molecule has 1 aliphatic carbocycles. The molecule has 1 fully saturated rings. The molecule has 0 aromatic carbocycles. The van der Waals surface area contributed by atoms with Gasteiger partial charge < -0.3 is 9.30 Å². The first kappa shape index (κ1) is 18.0. The Hall–Kier alpha value is -2.03. The second kappa shape index (κ2) is 7.77. The van der Waals surface area contributed by atoms with Crippen molar-refractivity contribution >= 4 is 0 Å². The molecular weight excluding hydrogens is 356 g/mol. The van der Waals surface area contributed by atoms with Crippen LogP contribution < -0.4 is 5.56 Å². The van der Waals surface area contributed by atoms with E-state index in [2.05, 4.69) is 24.4 Å². The number of nitrogens with zero attached hydrogens (tertiary/aromatic N) is 6. The molecule has 0 bridgehead atoms. The van der Waals surface area contributed by atoms with Crippen LogP contribution >= 0.6 is 0 Å². The summed E-state index contributed by atoms with van der Waals surface area (Å²) in [5, 5.41) is 4.59. The molecule has 2 aliphatic heterocycles. The van der Waals surface area contributed by atoms with Crippen molar-refractivity contribution in [1.82, 2.24) is 29.1 Å². The van der Waals surface area contributed by atoms with E-state index in [0.29, 0.717) is 13.2 Å². The topological polar surface area (TPSA) is 68.4 Å². The Labute approximate surface area is 164 Å². The molecule has 0 radical (unpaired) electrons. The van der Waals surface area contributed by atoms with E-state index in [1.54, 1.807) is 10.7 Å². The van der Waals surface area contributed by atoms with Crippen molar-refractivity contribution in [2.45, 2.75) is 45.5 Å². The van der Waals surface area contributed by atoms with E-state index in [4.69, 9.17) is 4.74 Å². The van der Waals surface area contributed by atoms with Crippen LogP contribution in [0.25, 0.3) is 0 Å². The predicted molar refractivity (Wildman–Crippen MR) is 104 cm³/mol. The third-order valence-corrected chi connectivity index (χ3v) is 6.21. The van der Waals surface area contributed by atoms with E-state index in [0.717, 1.165) is 88.8 Å². The summed E-state index contributed by atoms with van der Waals surface area (Å²) in [6.45, 7) is 8.99. The second-order valence-corrected chi connectivity index (χ2v) is 8.02. The first-order chi connectivity index (χ1) is 13.8. The Balaban J connectivity index is 1.13. The Morgan fingerprint density at radius 3 is 2.79 bits per heavy atom. The van der Waals surface area contributed by atoms with Gasteiger partial charge in [-0.15, -0.1) is 0 Å². The summed E-state index contributed by atoms with van der Waals surface area (Å²) >= 11 is 0. The van der Waals surface area contributed by atoms with Crippen LogP contribution in [0.3, 0.4) is 0 Å². The molecule has 1 saturated heterocycles. The van der Waals surface area contributed by atoms with Crippen molar-refractivity contribution in [2.24, 2.45) is 0 Å². The first-order valence-corrected chi connectivity index (χ1v) is 10.4. The highest BCUT2D eigenvalue weighted by Crippen LogP contribution is 2.17. The quantitative estimate of drug-likeness (QED) is 0.738. The zero-order valence-electron chi connectivity index (χ0n) is 16.3. The standard InChI is InChI=1S/C20H28N6O2/c27-20-12-16-2-1-3-18(16)22-26(20)9-8-23-4-6-24(7-5-23)14-17-13-21-19-15-28-11-10-25(17)19/h12-13H,1-11,14-15H2. The van der Waals surface area contributed by atoms with Gasteiger partial charge in [-0.25, -0.2) is 9.67 Å². The Kier molecular flexibility index (Phi) is 5.00. The third kappa shape index (κ3) is 3.64. The molecule has 0 spiro atoms. The van der Waals surface area contributed by atoms with E-state index >= 15 is 0 Å². The van der Waals surface area contributed by atoms with Crippen LogP contribution in [0.15, 0.2) is 17.1 Å². The van der Waals surface area contributed by atoms with Crippen molar-refractivity contribution in [3.63, 3.8) is 0 Å². The lowest BCUT2D eigenvalue weighted by molar-refractivity contribution is 0.0778. The average Bonchev–Trinajstić information content (AvgIpc) is 3.34. The van der Waals surface area contributed by atoms with Crippen LogP contribution in [0.4, 0.5) is 0 Å². The maximum absolute atomic E-state index is 12.3.